The molecule has 4 rings (SSSR count). The van der Waals surface area contributed by atoms with Crippen molar-refractivity contribution in [1.29, 1.82) is 0 Å². The molecule has 1 aromatic heterocycles. The molecule has 0 spiro atoms. The fraction of sp³-hybridized carbons (Fsp3) is 0.217. The average Bonchev–Trinajstić information content (AvgIpc) is 2.75. The van der Waals surface area contributed by atoms with Crippen molar-refractivity contribution in [3.05, 3.63) is 89.4 Å². The second-order valence-electron chi connectivity index (χ2n) is 7.02. The predicted octanol–water partition coefficient (Wildman–Crippen LogP) is 4.39. The number of nitrogens with zero attached hydrogens (tertiary/aromatic N) is 2. The van der Waals surface area contributed by atoms with Gasteiger partial charge in [-0.3, -0.25) is 9.69 Å². The van der Waals surface area contributed by atoms with E-state index in [9.17, 15) is 9.18 Å². The number of rotatable bonds is 5. The molecule has 2 heterocycles. The van der Waals surface area contributed by atoms with Crippen molar-refractivity contribution in [2.45, 2.75) is 18.9 Å². The van der Waals surface area contributed by atoms with Crippen molar-refractivity contribution in [3.63, 3.8) is 0 Å². The summed E-state index contributed by atoms with van der Waals surface area (Å²) in [6.45, 7) is 0.356. The van der Waals surface area contributed by atoms with Crippen molar-refractivity contribution in [2.75, 3.05) is 17.4 Å². The van der Waals surface area contributed by atoms with Gasteiger partial charge in [-0.05, 0) is 47.7 Å². The van der Waals surface area contributed by atoms with Crippen molar-refractivity contribution < 1.29 is 13.9 Å². The van der Waals surface area contributed by atoms with Crippen molar-refractivity contribution in [1.82, 2.24) is 4.98 Å². The zero-order valence-corrected chi connectivity index (χ0v) is 16.5. The van der Waals surface area contributed by atoms with E-state index >= 15 is 0 Å². The summed E-state index contributed by atoms with van der Waals surface area (Å²) in [5.41, 5.74) is 3.61. The van der Waals surface area contributed by atoms with Crippen molar-refractivity contribution in [2.24, 2.45) is 0 Å². The molecule has 2 aromatic carbocycles. The monoisotopic (exact) mass is 410 g/mol. The largest absolute Gasteiger partial charge is 0.474 e. The van der Waals surface area contributed by atoms with Crippen molar-refractivity contribution in [3.8, 4) is 5.88 Å². The van der Waals surface area contributed by atoms with Gasteiger partial charge in [-0.1, -0.05) is 42.5 Å². The molecule has 148 valence electrons. The molecule has 1 amide bonds. The van der Waals surface area contributed by atoms with Gasteiger partial charge in [-0.2, -0.15) is 0 Å². The zero-order valence-electron chi connectivity index (χ0n) is 15.7. The highest BCUT2D eigenvalue weighted by Gasteiger charge is 2.33. The van der Waals surface area contributed by atoms with E-state index in [4.69, 9.17) is 16.3 Å². The number of fused-ring (bicyclic) bond motifs is 1. The third-order valence-electron chi connectivity index (χ3n) is 4.94. The minimum Gasteiger partial charge on any atom is -0.474 e. The molecule has 0 saturated heterocycles. The number of halogens is 2. The van der Waals surface area contributed by atoms with Gasteiger partial charge < -0.3 is 4.74 Å². The number of amides is 1. The summed E-state index contributed by atoms with van der Waals surface area (Å²) in [4.78, 5) is 18.8. The molecule has 1 atom stereocenters. The minimum absolute atomic E-state index is 0.118. The maximum absolute atomic E-state index is 13.2. The lowest BCUT2D eigenvalue weighted by Gasteiger charge is -2.36. The fourth-order valence-electron chi connectivity index (χ4n) is 3.59. The Bertz CT molecular complexity index is 996. The quantitative estimate of drug-likeness (QED) is 0.586. The summed E-state index contributed by atoms with van der Waals surface area (Å²) in [6.07, 6.45) is 2.96. The Morgan fingerprint density at radius 3 is 2.59 bits per heavy atom. The van der Waals surface area contributed by atoms with Crippen LogP contribution in [-0.4, -0.2) is 29.4 Å². The molecular weight excluding hydrogens is 391 g/mol. The van der Waals surface area contributed by atoms with Gasteiger partial charge in [-0.25, -0.2) is 9.37 Å². The third kappa shape index (κ3) is 4.40. The standard InChI is InChI=1S/C23H20ClFN2O2/c24-13-22(28)27-20(11-16-4-2-1-3-5-16)15-29-23-21(27)12-18(14-26-23)10-17-6-8-19(25)9-7-17/h1-9,12,14,20H,10-11,13,15H2/t20-/m0/s1. The number of aromatic nitrogens is 1. The zero-order chi connectivity index (χ0) is 20.2. The van der Waals surface area contributed by atoms with Gasteiger partial charge in [0.25, 0.3) is 0 Å². The van der Waals surface area contributed by atoms with E-state index in [2.05, 4.69) is 4.98 Å². The minimum atomic E-state index is -0.270. The Balaban J connectivity index is 1.64. The second kappa shape index (κ2) is 8.62. The molecule has 0 saturated carbocycles. The van der Waals surface area contributed by atoms with Crippen LogP contribution >= 0.6 is 11.6 Å². The summed E-state index contributed by atoms with van der Waals surface area (Å²) in [6, 6.07) is 18.1. The maximum atomic E-state index is 13.2. The van der Waals surface area contributed by atoms with Crippen LogP contribution in [0, 0.1) is 5.82 Å². The molecule has 29 heavy (non-hydrogen) atoms. The summed E-state index contributed by atoms with van der Waals surface area (Å²) in [7, 11) is 0. The van der Waals surface area contributed by atoms with E-state index in [1.807, 2.05) is 36.4 Å². The lowest BCUT2D eigenvalue weighted by molar-refractivity contribution is -0.117. The molecule has 0 N–H and O–H groups in total. The first-order chi connectivity index (χ1) is 14.1. The van der Waals surface area contributed by atoms with E-state index in [0.29, 0.717) is 31.0 Å². The summed E-state index contributed by atoms with van der Waals surface area (Å²) in [5, 5.41) is 0. The second-order valence-corrected chi connectivity index (χ2v) is 7.29. The van der Waals surface area contributed by atoms with E-state index in [-0.39, 0.29) is 23.6 Å². The molecule has 1 aliphatic rings. The topological polar surface area (TPSA) is 42.4 Å². The lowest BCUT2D eigenvalue weighted by Crippen LogP contribution is -2.48. The number of carbonyl (C=O) groups excluding carboxylic acids is 1. The number of ether oxygens (including phenoxy) is 1. The first kappa shape index (κ1) is 19.4. The Kier molecular flexibility index (Phi) is 5.76. The van der Waals surface area contributed by atoms with Crippen LogP contribution in [0.4, 0.5) is 10.1 Å². The third-order valence-corrected chi connectivity index (χ3v) is 5.17. The van der Waals surface area contributed by atoms with Crippen LogP contribution < -0.4 is 9.64 Å². The number of benzene rings is 2. The van der Waals surface area contributed by atoms with Gasteiger partial charge in [0.05, 0.1) is 6.04 Å². The van der Waals surface area contributed by atoms with Crippen LogP contribution in [0.25, 0.3) is 0 Å². The van der Waals surface area contributed by atoms with Crippen LogP contribution in [0.2, 0.25) is 0 Å². The number of alkyl halides is 1. The average molecular weight is 411 g/mol. The number of carbonyl (C=O) groups is 1. The van der Waals surface area contributed by atoms with Gasteiger partial charge in [-0.15, -0.1) is 11.6 Å². The molecule has 0 fully saturated rings. The van der Waals surface area contributed by atoms with Crippen LogP contribution in [0.15, 0.2) is 66.9 Å². The Labute approximate surface area is 173 Å². The van der Waals surface area contributed by atoms with Gasteiger partial charge >= 0.3 is 0 Å². The van der Waals surface area contributed by atoms with Gasteiger partial charge in [0.15, 0.2) is 0 Å². The molecule has 0 unspecified atom stereocenters. The Hall–Kier alpha value is -2.92. The van der Waals surface area contributed by atoms with Gasteiger partial charge in [0.2, 0.25) is 11.8 Å². The Morgan fingerprint density at radius 2 is 1.86 bits per heavy atom. The smallest absolute Gasteiger partial charge is 0.242 e. The molecule has 0 bridgehead atoms. The van der Waals surface area contributed by atoms with Crippen LogP contribution in [0.5, 0.6) is 5.88 Å². The van der Waals surface area contributed by atoms with Crippen molar-refractivity contribution >= 4 is 23.2 Å². The molecule has 0 radical (unpaired) electrons. The van der Waals surface area contributed by atoms with Gasteiger partial charge in [0.1, 0.15) is 24.0 Å². The number of anilines is 1. The van der Waals surface area contributed by atoms with Crippen LogP contribution in [0.3, 0.4) is 0 Å². The van der Waals surface area contributed by atoms with Crippen LogP contribution in [-0.2, 0) is 17.6 Å². The highest BCUT2D eigenvalue weighted by molar-refractivity contribution is 6.29. The molecule has 6 heteroatoms. The molecule has 4 nitrogen and oxygen atoms in total. The van der Waals surface area contributed by atoms with Crippen LogP contribution in [0.1, 0.15) is 16.7 Å². The maximum Gasteiger partial charge on any atom is 0.242 e. The first-order valence-corrected chi connectivity index (χ1v) is 9.95. The number of pyridine rings is 1. The van der Waals surface area contributed by atoms with Gasteiger partial charge in [0, 0.05) is 6.20 Å². The fourth-order valence-corrected chi connectivity index (χ4v) is 3.71. The summed E-state index contributed by atoms with van der Waals surface area (Å²) >= 11 is 5.92. The van der Waals surface area contributed by atoms with E-state index in [0.717, 1.165) is 16.7 Å². The van der Waals surface area contributed by atoms with E-state index < -0.39 is 0 Å². The number of hydrogen-bond donors (Lipinski definition) is 0. The molecular formula is C23H20ClFN2O2. The highest BCUT2D eigenvalue weighted by atomic mass is 35.5. The lowest BCUT2D eigenvalue weighted by atomic mass is 10.0. The SMILES string of the molecule is O=C(CCl)N1c2cc(Cc3ccc(F)cc3)cnc2OC[C@@H]1Cc1ccccc1. The summed E-state index contributed by atoms with van der Waals surface area (Å²) < 4.78 is 19.0. The molecule has 3 aromatic rings. The predicted molar refractivity (Wildman–Crippen MR) is 111 cm³/mol. The molecule has 0 aliphatic carbocycles. The normalized spacial score (nSPS) is 15.5. The first-order valence-electron chi connectivity index (χ1n) is 9.42. The van der Waals surface area contributed by atoms with E-state index in [1.165, 1.54) is 12.1 Å². The number of hydrogen-bond acceptors (Lipinski definition) is 3. The highest BCUT2D eigenvalue weighted by Crippen LogP contribution is 2.34. The molecule has 1 aliphatic heterocycles. The van der Waals surface area contributed by atoms with E-state index in [1.54, 1.807) is 23.2 Å². The Morgan fingerprint density at radius 1 is 1.10 bits per heavy atom. The summed E-state index contributed by atoms with van der Waals surface area (Å²) in [5.74, 6) is -0.144.